The molecule has 0 spiro atoms. The van der Waals surface area contributed by atoms with Crippen molar-refractivity contribution >= 4 is 5.91 Å². The van der Waals surface area contributed by atoms with Crippen molar-refractivity contribution in [3.05, 3.63) is 59.7 Å². The van der Waals surface area contributed by atoms with Gasteiger partial charge in [-0.25, -0.2) is 4.39 Å². The summed E-state index contributed by atoms with van der Waals surface area (Å²) in [5.41, 5.74) is 2.25. The average molecular weight is 357 g/mol. The summed E-state index contributed by atoms with van der Waals surface area (Å²) in [5.74, 6) is -0.456. The van der Waals surface area contributed by atoms with Crippen LogP contribution in [0.1, 0.15) is 18.2 Å². The molecular weight excluding hydrogens is 333 g/mol. The summed E-state index contributed by atoms with van der Waals surface area (Å²) in [5, 5.41) is 0. The lowest BCUT2D eigenvalue weighted by molar-refractivity contribution is -0.139. The number of aromatic nitrogens is 1. The van der Waals surface area contributed by atoms with E-state index in [0.29, 0.717) is 13.1 Å². The Balaban J connectivity index is 1.52. The second-order valence-electron chi connectivity index (χ2n) is 6.56. The van der Waals surface area contributed by atoms with E-state index in [1.54, 1.807) is 24.0 Å². The van der Waals surface area contributed by atoms with Gasteiger partial charge in [0, 0.05) is 38.9 Å². The first-order valence-electron chi connectivity index (χ1n) is 8.87. The Morgan fingerprint density at radius 2 is 1.92 bits per heavy atom. The van der Waals surface area contributed by atoms with Gasteiger partial charge >= 0.3 is 0 Å². The normalized spacial score (nSPS) is 16.3. The minimum absolute atomic E-state index is 0.109. The van der Waals surface area contributed by atoms with Gasteiger partial charge in [-0.15, -0.1) is 0 Å². The van der Waals surface area contributed by atoms with E-state index in [9.17, 15) is 9.18 Å². The van der Waals surface area contributed by atoms with Gasteiger partial charge in [-0.2, -0.15) is 0 Å². The third kappa shape index (κ3) is 4.38. The minimum Gasteiger partial charge on any atom is -0.478 e. The molecule has 26 heavy (non-hydrogen) atoms. The molecule has 1 aromatic heterocycles. The molecule has 1 aliphatic heterocycles. The standard InChI is InChI=1S/C20H24FN3O2/c1-15-6-5-9-22-18(15)14-23-10-12-24(13-11-23)20(25)16(2)26-19-8-4-3-7-17(19)21/h3-9,16H,10-14H2,1-2H3. The van der Waals surface area contributed by atoms with Crippen LogP contribution in [0.15, 0.2) is 42.6 Å². The van der Waals surface area contributed by atoms with Gasteiger partial charge < -0.3 is 9.64 Å². The molecule has 5 nitrogen and oxygen atoms in total. The van der Waals surface area contributed by atoms with Gasteiger partial charge in [-0.1, -0.05) is 18.2 Å². The first kappa shape index (κ1) is 18.3. The molecule has 1 aliphatic rings. The number of hydrogen-bond acceptors (Lipinski definition) is 4. The number of nitrogens with zero attached hydrogens (tertiary/aromatic N) is 3. The van der Waals surface area contributed by atoms with Crippen LogP contribution in [0.4, 0.5) is 4.39 Å². The molecule has 2 heterocycles. The highest BCUT2D eigenvalue weighted by Crippen LogP contribution is 2.18. The molecule has 1 unspecified atom stereocenters. The Kier molecular flexibility index (Phi) is 5.83. The molecule has 1 aromatic carbocycles. The van der Waals surface area contributed by atoms with Crippen LogP contribution in [0.25, 0.3) is 0 Å². The number of halogens is 1. The number of amides is 1. The van der Waals surface area contributed by atoms with Crippen LogP contribution >= 0.6 is 0 Å². The predicted octanol–water partition coefficient (Wildman–Crippen LogP) is 2.64. The summed E-state index contributed by atoms with van der Waals surface area (Å²) < 4.78 is 19.2. The van der Waals surface area contributed by atoms with Crippen molar-refractivity contribution in [2.75, 3.05) is 26.2 Å². The lowest BCUT2D eigenvalue weighted by Gasteiger charge is -2.35. The number of ether oxygens (including phenoxy) is 1. The quantitative estimate of drug-likeness (QED) is 0.825. The second-order valence-corrected chi connectivity index (χ2v) is 6.56. The van der Waals surface area contributed by atoms with E-state index >= 15 is 0 Å². The second kappa shape index (κ2) is 8.27. The van der Waals surface area contributed by atoms with Crippen LogP contribution < -0.4 is 4.74 Å². The Hall–Kier alpha value is -2.47. The number of piperazine rings is 1. The molecule has 1 fully saturated rings. The van der Waals surface area contributed by atoms with Crippen molar-refractivity contribution in [2.24, 2.45) is 0 Å². The van der Waals surface area contributed by atoms with Crippen LogP contribution in [0.5, 0.6) is 5.75 Å². The summed E-state index contributed by atoms with van der Waals surface area (Å²) in [6.45, 7) is 7.35. The summed E-state index contributed by atoms with van der Waals surface area (Å²) in [4.78, 5) is 21.1. The molecule has 0 N–H and O–H groups in total. The Morgan fingerprint density at radius 1 is 1.19 bits per heavy atom. The van der Waals surface area contributed by atoms with Crippen molar-refractivity contribution in [2.45, 2.75) is 26.5 Å². The lowest BCUT2D eigenvalue weighted by atomic mass is 10.2. The van der Waals surface area contributed by atoms with E-state index in [-0.39, 0.29) is 11.7 Å². The van der Waals surface area contributed by atoms with Gasteiger partial charge in [0.1, 0.15) is 0 Å². The highest BCUT2D eigenvalue weighted by molar-refractivity contribution is 5.81. The van der Waals surface area contributed by atoms with E-state index in [4.69, 9.17) is 4.74 Å². The number of carbonyl (C=O) groups is 1. The maximum absolute atomic E-state index is 13.7. The highest BCUT2D eigenvalue weighted by atomic mass is 19.1. The fraction of sp³-hybridized carbons (Fsp3) is 0.400. The molecule has 1 atom stereocenters. The monoisotopic (exact) mass is 357 g/mol. The molecule has 138 valence electrons. The Morgan fingerprint density at radius 3 is 2.62 bits per heavy atom. The molecule has 6 heteroatoms. The van der Waals surface area contributed by atoms with Gasteiger partial charge in [0.2, 0.25) is 0 Å². The zero-order valence-electron chi connectivity index (χ0n) is 15.2. The molecule has 1 saturated heterocycles. The average Bonchev–Trinajstić information content (AvgIpc) is 2.65. The van der Waals surface area contributed by atoms with Crippen LogP contribution in [0, 0.1) is 12.7 Å². The summed E-state index contributed by atoms with van der Waals surface area (Å²) >= 11 is 0. The van der Waals surface area contributed by atoms with E-state index in [0.717, 1.165) is 25.3 Å². The van der Waals surface area contributed by atoms with Gasteiger partial charge in [-0.3, -0.25) is 14.7 Å². The first-order chi connectivity index (χ1) is 12.5. The summed E-state index contributed by atoms with van der Waals surface area (Å²) in [7, 11) is 0. The van der Waals surface area contributed by atoms with Gasteiger partial charge in [0.25, 0.3) is 5.91 Å². The fourth-order valence-corrected chi connectivity index (χ4v) is 3.06. The molecule has 1 amide bonds. The predicted molar refractivity (Wildman–Crippen MR) is 97.3 cm³/mol. The van der Waals surface area contributed by atoms with E-state index in [2.05, 4.69) is 22.9 Å². The third-order valence-electron chi connectivity index (χ3n) is 4.66. The number of aryl methyl sites for hydroxylation is 1. The number of rotatable bonds is 5. The zero-order valence-corrected chi connectivity index (χ0v) is 15.2. The van der Waals surface area contributed by atoms with Crippen molar-refractivity contribution in [1.29, 1.82) is 0 Å². The zero-order chi connectivity index (χ0) is 18.5. The number of benzene rings is 1. The maximum atomic E-state index is 13.7. The highest BCUT2D eigenvalue weighted by Gasteiger charge is 2.26. The summed E-state index contributed by atoms with van der Waals surface area (Å²) in [6.07, 6.45) is 1.10. The molecule has 0 aliphatic carbocycles. The maximum Gasteiger partial charge on any atom is 0.263 e. The fourth-order valence-electron chi connectivity index (χ4n) is 3.06. The van der Waals surface area contributed by atoms with Crippen molar-refractivity contribution in [3.8, 4) is 5.75 Å². The number of carbonyl (C=O) groups excluding carboxylic acids is 1. The SMILES string of the molecule is Cc1cccnc1CN1CCN(C(=O)C(C)Oc2ccccc2F)CC1. The van der Waals surface area contributed by atoms with Gasteiger partial charge in [-0.05, 0) is 37.6 Å². The van der Waals surface area contributed by atoms with Crippen LogP contribution in [-0.4, -0.2) is 53.0 Å². The topological polar surface area (TPSA) is 45.7 Å². The molecule has 3 rings (SSSR count). The van der Waals surface area contributed by atoms with Crippen molar-refractivity contribution < 1.29 is 13.9 Å². The first-order valence-corrected chi connectivity index (χ1v) is 8.87. The molecule has 2 aromatic rings. The lowest BCUT2D eigenvalue weighted by Crippen LogP contribution is -2.51. The van der Waals surface area contributed by atoms with E-state index in [1.165, 1.54) is 17.7 Å². The Bertz CT molecular complexity index is 760. The van der Waals surface area contributed by atoms with Crippen LogP contribution in [0.3, 0.4) is 0 Å². The van der Waals surface area contributed by atoms with Crippen LogP contribution in [0.2, 0.25) is 0 Å². The van der Waals surface area contributed by atoms with Crippen LogP contribution in [-0.2, 0) is 11.3 Å². The number of pyridine rings is 1. The number of para-hydroxylation sites is 1. The van der Waals surface area contributed by atoms with Crippen molar-refractivity contribution in [3.63, 3.8) is 0 Å². The third-order valence-corrected chi connectivity index (χ3v) is 4.66. The summed E-state index contributed by atoms with van der Waals surface area (Å²) in [6, 6.07) is 10.1. The minimum atomic E-state index is -0.712. The molecule has 0 saturated carbocycles. The van der Waals surface area contributed by atoms with Crippen molar-refractivity contribution in [1.82, 2.24) is 14.8 Å². The smallest absolute Gasteiger partial charge is 0.263 e. The molecule has 0 radical (unpaired) electrons. The van der Waals surface area contributed by atoms with Gasteiger partial charge in [0.05, 0.1) is 5.69 Å². The Labute approximate surface area is 153 Å². The van der Waals surface area contributed by atoms with E-state index in [1.807, 2.05) is 12.3 Å². The van der Waals surface area contributed by atoms with E-state index < -0.39 is 11.9 Å². The largest absolute Gasteiger partial charge is 0.478 e. The molecular formula is C20H24FN3O2. The molecule has 0 bridgehead atoms. The number of hydrogen-bond donors (Lipinski definition) is 0. The van der Waals surface area contributed by atoms with Gasteiger partial charge in [0.15, 0.2) is 17.7 Å².